The van der Waals surface area contributed by atoms with Crippen LogP contribution in [0.4, 0.5) is 22.0 Å². The molecule has 30 heavy (non-hydrogen) atoms. The minimum Gasteiger partial charge on any atom is -0.355 e. The van der Waals surface area contributed by atoms with E-state index in [0.29, 0.717) is 5.92 Å². The summed E-state index contributed by atoms with van der Waals surface area (Å²) in [6, 6.07) is 11.8. The van der Waals surface area contributed by atoms with Crippen molar-refractivity contribution >= 4 is 45.6 Å². The Morgan fingerprint density at radius 3 is 3.03 bits per heavy atom. The zero-order valence-corrected chi connectivity index (χ0v) is 17.2. The van der Waals surface area contributed by atoms with Crippen LogP contribution in [0.25, 0.3) is 11.0 Å². The van der Waals surface area contributed by atoms with Crippen molar-refractivity contribution in [3.05, 3.63) is 65.2 Å². The summed E-state index contributed by atoms with van der Waals surface area (Å²) < 4.78 is 0. The SMILES string of the molecule is O=C(Nc1ccsc1)Nc1cccc(C2CCCN(c3ncnc4[nH]ccc34)C2)c1.[HH].[HH].[HH]. The molecule has 1 fully saturated rings. The number of hydrogen-bond acceptors (Lipinski definition) is 5. The molecule has 3 N–H and O–H groups in total. The molecular weight excluding hydrogens is 396 g/mol. The number of hydrogen-bond donors (Lipinski definition) is 3. The van der Waals surface area contributed by atoms with Crippen LogP contribution in [0.3, 0.4) is 0 Å². The summed E-state index contributed by atoms with van der Waals surface area (Å²) in [5.41, 5.74) is 3.70. The molecule has 1 aromatic carbocycles. The number of piperidine rings is 1. The van der Waals surface area contributed by atoms with Crippen LogP contribution in [-0.4, -0.2) is 34.1 Å². The third-order valence-electron chi connectivity index (χ3n) is 5.45. The smallest absolute Gasteiger partial charge is 0.323 e. The molecule has 3 aromatic heterocycles. The lowest BCUT2D eigenvalue weighted by Gasteiger charge is -2.34. The third kappa shape index (κ3) is 3.86. The molecule has 158 valence electrons. The summed E-state index contributed by atoms with van der Waals surface area (Å²) in [5, 5.41) is 10.7. The Morgan fingerprint density at radius 2 is 2.13 bits per heavy atom. The number of aromatic amines is 1. The van der Waals surface area contributed by atoms with Crippen LogP contribution in [0.5, 0.6) is 0 Å². The summed E-state index contributed by atoms with van der Waals surface area (Å²) in [5.74, 6) is 1.36. The summed E-state index contributed by atoms with van der Waals surface area (Å²) in [4.78, 5) is 26.6. The van der Waals surface area contributed by atoms with Gasteiger partial charge < -0.3 is 20.5 Å². The van der Waals surface area contributed by atoms with Crippen LogP contribution < -0.4 is 15.5 Å². The van der Waals surface area contributed by atoms with E-state index in [0.717, 1.165) is 54.2 Å². The summed E-state index contributed by atoms with van der Waals surface area (Å²) in [7, 11) is 0. The topological polar surface area (TPSA) is 85.9 Å². The van der Waals surface area contributed by atoms with E-state index in [9.17, 15) is 4.79 Å². The summed E-state index contributed by atoms with van der Waals surface area (Å²) >= 11 is 1.55. The van der Waals surface area contributed by atoms with Crippen LogP contribution >= 0.6 is 11.3 Å². The van der Waals surface area contributed by atoms with E-state index >= 15 is 0 Å². The number of thiophene rings is 1. The van der Waals surface area contributed by atoms with Gasteiger partial charge in [-0.25, -0.2) is 14.8 Å². The van der Waals surface area contributed by atoms with Crippen molar-refractivity contribution < 1.29 is 9.07 Å². The molecule has 0 aliphatic carbocycles. The van der Waals surface area contributed by atoms with Gasteiger partial charge in [0.2, 0.25) is 0 Å². The first-order valence-corrected chi connectivity index (χ1v) is 10.9. The van der Waals surface area contributed by atoms with Crippen molar-refractivity contribution in [2.24, 2.45) is 0 Å². The molecular formula is C22H28N6OS. The van der Waals surface area contributed by atoms with Gasteiger partial charge >= 0.3 is 6.03 Å². The van der Waals surface area contributed by atoms with Crippen molar-refractivity contribution in [3.63, 3.8) is 0 Å². The van der Waals surface area contributed by atoms with E-state index in [-0.39, 0.29) is 10.3 Å². The second kappa shape index (κ2) is 8.16. The lowest BCUT2D eigenvalue weighted by atomic mass is 9.90. The quantitative estimate of drug-likeness (QED) is 0.387. The molecule has 1 unspecified atom stereocenters. The minimum atomic E-state index is -0.230. The van der Waals surface area contributed by atoms with E-state index in [4.69, 9.17) is 0 Å². The molecule has 0 spiro atoms. The molecule has 0 radical (unpaired) electrons. The summed E-state index contributed by atoms with van der Waals surface area (Å²) in [6.07, 6.45) is 5.73. The normalized spacial score (nSPS) is 16.5. The number of aromatic nitrogens is 3. The maximum absolute atomic E-state index is 12.3. The lowest BCUT2D eigenvalue weighted by molar-refractivity contribution is 0.262. The third-order valence-corrected chi connectivity index (χ3v) is 6.13. The Morgan fingerprint density at radius 1 is 1.20 bits per heavy atom. The zero-order chi connectivity index (χ0) is 20.3. The minimum absolute atomic E-state index is 0. The number of urea groups is 1. The fourth-order valence-corrected chi connectivity index (χ4v) is 4.64. The van der Waals surface area contributed by atoms with Gasteiger partial charge in [0.1, 0.15) is 17.8 Å². The van der Waals surface area contributed by atoms with E-state index in [1.54, 1.807) is 17.7 Å². The average Bonchev–Trinajstić information content (AvgIpc) is 3.45. The summed E-state index contributed by atoms with van der Waals surface area (Å²) in [6.45, 7) is 1.87. The highest BCUT2D eigenvalue weighted by atomic mass is 32.1. The Balaban J connectivity index is 0.00000128. The second-order valence-electron chi connectivity index (χ2n) is 7.44. The highest BCUT2D eigenvalue weighted by Gasteiger charge is 2.24. The Kier molecular flexibility index (Phi) is 5.06. The van der Waals surface area contributed by atoms with Crippen LogP contribution in [0.15, 0.2) is 59.7 Å². The average molecular weight is 425 g/mol. The fourth-order valence-electron chi connectivity index (χ4n) is 4.05. The van der Waals surface area contributed by atoms with Crippen LogP contribution in [-0.2, 0) is 0 Å². The molecule has 7 nitrogen and oxygen atoms in total. The Labute approximate surface area is 182 Å². The van der Waals surface area contributed by atoms with Crippen molar-refractivity contribution in [2.75, 3.05) is 28.6 Å². The van der Waals surface area contributed by atoms with Gasteiger partial charge in [0, 0.05) is 40.6 Å². The standard InChI is InChI=1S/C22H22N6OS.3H2/c29-22(27-18-7-10-30-13-18)26-17-5-1-3-15(11-17)16-4-2-9-28(12-16)21-19-6-8-23-20(19)24-14-25-21;;;/h1,3,5-8,10-11,13-14,16H,2,4,9,12H2,(H,23,24,25)(H2,26,27,29);3*1H. The van der Waals surface area contributed by atoms with E-state index in [1.165, 1.54) is 5.56 Å². The van der Waals surface area contributed by atoms with Gasteiger partial charge in [0.15, 0.2) is 0 Å². The highest BCUT2D eigenvalue weighted by Crippen LogP contribution is 2.32. The van der Waals surface area contributed by atoms with Crippen LogP contribution in [0.2, 0.25) is 0 Å². The van der Waals surface area contributed by atoms with Crippen molar-refractivity contribution in [3.8, 4) is 0 Å². The number of fused-ring (bicyclic) bond motifs is 1. The number of amides is 2. The number of rotatable bonds is 4. The first-order valence-electron chi connectivity index (χ1n) is 9.99. The maximum Gasteiger partial charge on any atom is 0.323 e. The van der Waals surface area contributed by atoms with E-state index < -0.39 is 0 Å². The van der Waals surface area contributed by atoms with Gasteiger partial charge in [-0.1, -0.05) is 12.1 Å². The lowest BCUT2D eigenvalue weighted by Crippen LogP contribution is -2.35. The number of carbonyl (C=O) groups is 1. The van der Waals surface area contributed by atoms with Gasteiger partial charge in [-0.3, -0.25) is 0 Å². The number of nitrogens with one attached hydrogen (secondary N) is 3. The van der Waals surface area contributed by atoms with Gasteiger partial charge in [-0.2, -0.15) is 11.3 Å². The van der Waals surface area contributed by atoms with E-state index in [2.05, 4.69) is 42.6 Å². The number of carbonyl (C=O) groups excluding carboxylic acids is 1. The molecule has 1 atom stereocenters. The predicted molar refractivity (Wildman–Crippen MR) is 128 cm³/mol. The fraction of sp³-hybridized carbons (Fsp3) is 0.227. The molecule has 1 saturated heterocycles. The monoisotopic (exact) mass is 424 g/mol. The van der Waals surface area contributed by atoms with Gasteiger partial charge in [-0.05, 0) is 48.1 Å². The van der Waals surface area contributed by atoms with Crippen molar-refractivity contribution in [1.29, 1.82) is 0 Å². The molecule has 1 aliphatic rings. The first kappa shape index (κ1) is 18.6. The molecule has 4 heterocycles. The van der Waals surface area contributed by atoms with Crippen LogP contribution in [0, 0.1) is 0 Å². The van der Waals surface area contributed by atoms with Gasteiger partial charge in [0.25, 0.3) is 0 Å². The number of nitrogens with zero attached hydrogens (tertiary/aromatic N) is 3. The maximum atomic E-state index is 12.3. The van der Waals surface area contributed by atoms with Crippen molar-refractivity contribution in [2.45, 2.75) is 18.8 Å². The predicted octanol–water partition coefficient (Wildman–Crippen LogP) is 5.79. The highest BCUT2D eigenvalue weighted by molar-refractivity contribution is 7.08. The molecule has 0 bridgehead atoms. The Hall–Kier alpha value is -3.39. The largest absolute Gasteiger partial charge is 0.355 e. The molecule has 0 saturated carbocycles. The number of anilines is 3. The molecule has 8 heteroatoms. The number of benzene rings is 1. The molecule has 1 aliphatic heterocycles. The molecule has 4 aromatic rings. The zero-order valence-electron chi connectivity index (χ0n) is 16.3. The Bertz CT molecular complexity index is 1170. The molecule has 2 amide bonds. The van der Waals surface area contributed by atoms with E-state index in [1.807, 2.05) is 41.2 Å². The van der Waals surface area contributed by atoms with Gasteiger partial charge in [0.05, 0.1) is 11.1 Å². The second-order valence-corrected chi connectivity index (χ2v) is 8.22. The number of H-pyrrole nitrogens is 1. The first-order chi connectivity index (χ1) is 14.8. The molecule has 5 rings (SSSR count). The van der Waals surface area contributed by atoms with Gasteiger partial charge in [-0.15, -0.1) is 0 Å². The van der Waals surface area contributed by atoms with Crippen LogP contribution in [0.1, 0.15) is 28.6 Å². The van der Waals surface area contributed by atoms with Crippen molar-refractivity contribution in [1.82, 2.24) is 15.0 Å².